The average Bonchev–Trinajstić information content (AvgIpc) is 2.62. The summed E-state index contributed by atoms with van der Waals surface area (Å²) in [6.45, 7) is 1.78. The average molecular weight is 395 g/mol. The maximum absolute atomic E-state index is 12.5. The van der Waals surface area contributed by atoms with Gasteiger partial charge in [-0.05, 0) is 30.2 Å². The lowest BCUT2D eigenvalue weighted by molar-refractivity contribution is -0.265. The molecule has 0 aliphatic carbocycles. The first kappa shape index (κ1) is 20.0. The number of carboxylic acid groups (broad SMARTS) is 1. The minimum absolute atomic E-state index is 0.0597. The van der Waals surface area contributed by atoms with Crippen molar-refractivity contribution in [3.63, 3.8) is 0 Å². The summed E-state index contributed by atoms with van der Waals surface area (Å²) >= 11 is 12.1. The lowest BCUT2D eigenvalue weighted by Gasteiger charge is -2.15. The number of rotatable bonds is 7. The van der Waals surface area contributed by atoms with Gasteiger partial charge in [-0.25, -0.2) is 4.79 Å². The molecular formula is C19H16Cl2O5. The van der Waals surface area contributed by atoms with Crippen molar-refractivity contribution in [1.29, 1.82) is 0 Å². The summed E-state index contributed by atoms with van der Waals surface area (Å²) in [6.07, 6.45) is -0.545. The van der Waals surface area contributed by atoms with Crippen LogP contribution in [-0.2, 0) is 19.4 Å². The van der Waals surface area contributed by atoms with Gasteiger partial charge in [-0.1, -0.05) is 59.6 Å². The van der Waals surface area contributed by atoms with Crippen LogP contribution in [-0.4, -0.2) is 23.7 Å². The Morgan fingerprint density at radius 1 is 1.00 bits per heavy atom. The smallest absolute Gasteiger partial charge is 0.370 e. The predicted molar refractivity (Wildman–Crippen MR) is 98.9 cm³/mol. The SMILES string of the molecule is CCOOC(=O)C(CC(=O)O)=C(c1ccccc1)c1ccc(Cl)c(Cl)c1. The van der Waals surface area contributed by atoms with E-state index in [1.165, 1.54) is 0 Å². The van der Waals surface area contributed by atoms with Crippen molar-refractivity contribution >= 4 is 40.7 Å². The Morgan fingerprint density at radius 2 is 1.69 bits per heavy atom. The minimum atomic E-state index is -1.18. The van der Waals surface area contributed by atoms with Gasteiger partial charge in [0.1, 0.15) is 0 Å². The molecule has 0 fully saturated rings. The normalized spacial score (nSPS) is 11.7. The molecule has 2 aromatic carbocycles. The molecule has 0 heterocycles. The Labute approximate surface area is 160 Å². The number of benzene rings is 2. The van der Waals surface area contributed by atoms with Crippen LogP contribution in [0.5, 0.6) is 0 Å². The monoisotopic (exact) mass is 394 g/mol. The van der Waals surface area contributed by atoms with Crippen LogP contribution < -0.4 is 0 Å². The third-order valence-corrected chi connectivity index (χ3v) is 4.14. The van der Waals surface area contributed by atoms with Crippen molar-refractivity contribution in [2.24, 2.45) is 0 Å². The van der Waals surface area contributed by atoms with Crippen LogP contribution in [0.15, 0.2) is 54.1 Å². The number of carbonyl (C=O) groups is 2. The zero-order valence-corrected chi connectivity index (χ0v) is 15.4. The summed E-state index contributed by atoms with van der Waals surface area (Å²) in [6, 6.07) is 13.7. The van der Waals surface area contributed by atoms with E-state index in [1.807, 2.05) is 6.07 Å². The Bertz CT molecular complexity index is 831. The molecule has 0 atom stereocenters. The number of halogens is 2. The predicted octanol–water partition coefficient (Wildman–Crippen LogP) is 4.76. The van der Waals surface area contributed by atoms with Gasteiger partial charge in [0.15, 0.2) is 0 Å². The van der Waals surface area contributed by atoms with E-state index in [0.29, 0.717) is 21.7 Å². The first-order chi connectivity index (χ1) is 12.4. The molecule has 0 spiro atoms. The number of aliphatic carboxylic acids is 1. The van der Waals surface area contributed by atoms with Crippen molar-refractivity contribution in [2.75, 3.05) is 6.61 Å². The van der Waals surface area contributed by atoms with E-state index >= 15 is 0 Å². The van der Waals surface area contributed by atoms with Gasteiger partial charge in [0.25, 0.3) is 0 Å². The third kappa shape index (κ3) is 5.08. The van der Waals surface area contributed by atoms with Crippen LogP contribution in [0.4, 0.5) is 0 Å². The van der Waals surface area contributed by atoms with Crippen LogP contribution in [0.1, 0.15) is 24.5 Å². The summed E-state index contributed by atoms with van der Waals surface area (Å²) in [5.74, 6) is -2.05. The summed E-state index contributed by atoms with van der Waals surface area (Å²) in [5.41, 5.74) is 1.50. The Balaban J connectivity index is 2.71. The van der Waals surface area contributed by atoms with Crippen LogP contribution in [0.2, 0.25) is 10.0 Å². The third-order valence-electron chi connectivity index (χ3n) is 3.40. The zero-order chi connectivity index (χ0) is 19.1. The second-order valence-corrected chi connectivity index (χ2v) is 6.01. The molecule has 2 rings (SSSR count). The molecule has 5 nitrogen and oxygen atoms in total. The second kappa shape index (κ2) is 9.38. The summed E-state index contributed by atoms with van der Waals surface area (Å²) < 4.78 is 0. The molecule has 0 bridgehead atoms. The zero-order valence-electron chi connectivity index (χ0n) is 13.9. The fourth-order valence-electron chi connectivity index (χ4n) is 2.35. The molecule has 136 valence electrons. The Hall–Kier alpha value is -2.34. The van der Waals surface area contributed by atoms with E-state index in [4.69, 9.17) is 33.0 Å². The molecule has 0 saturated carbocycles. The first-order valence-electron chi connectivity index (χ1n) is 7.73. The van der Waals surface area contributed by atoms with Gasteiger partial charge in [-0.15, -0.1) is 0 Å². The van der Waals surface area contributed by atoms with Gasteiger partial charge in [0, 0.05) is 5.57 Å². The molecule has 26 heavy (non-hydrogen) atoms. The molecule has 1 N–H and O–H groups in total. The van der Waals surface area contributed by atoms with Crippen molar-refractivity contribution < 1.29 is 24.5 Å². The maximum Gasteiger partial charge on any atom is 0.370 e. The minimum Gasteiger partial charge on any atom is -0.481 e. The fraction of sp³-hybridized carbons (Fsp3) is 0.158. The van der Waals surface area contributed by atoms with Crippen LogP contribution in [0.25, 0.3) is 5.57 Å². The van der Waals surface area contributed by atoms with Crippen LogP contribution in [0, 0.1) is 0 Å². The van der Waals surface area contributed by atoms with E-state index in [-0.39, 0.29) is 17.2 Å². The van der Waals surface area contributed by atoms with E-state index in [0.717, 1.165) is 0 Å². The van der Waals surface area contributed by atoms with Crippen molar-refractivity contribution in [1.82, 2.24) is 0 Å². The molecule has 0 aliphatic heterocycles. The van der Waals surface area contributed by atoms with Gasteiger partial charge in [0.2, 0.25) is 0 Å². The highest BCUT2D eigenvalue weighted by molar-refractivity contribution is 6.42. The van der Waals surface area contributed by atoms with E-state index in [9.17, 15) is 14.7 Å². The number of carbonyl (C=O) groups excluding carboxylic acids is 1. The molecule has 0 amide bonds. The summed E-state index contributed by atoms with van der Waals surface area (Å²) in [4.78, 5) is 33.2. The van der Waals surface area contributed by atoms with E-state index in [2.05, 4.69) is 0 Å². The molecule has 0 unspecified atom stereocenters. The molecule has 0 aliphatic rings. The van der Waals surface area contributed by atoms with E-state index < -0.39 is 18.4 Å². The standard InChI is InChI=1S/C19H16Cl2O5/c1-2-25-26-19(24)14(11-17(22)23)18(12-6-4-3-5-7-12)13-8-9-15(20)16(21)10-13/h3-10H,2,11H2,1H3,(H,22,23). The van der Waals surface area contributed by atoms with Gasteiger partial charge in [-0.2, -0.15) is 4.89 Å². The maximum atomic E-state index is 12.5. The number of carboxylic acids is 1. The highest BCUT2D eigenvalue weighted by atomic mass is 35.5. The second-order valence-electron chi connectivity index (χ2n) is 5.20. The van der Waals surface area contributed by atoms with Crippen LogP contribution >= 0.6 is 23.2 Å². The summed E-state index contributed by atoms with van der Waals surface area (Å²) in [5, 5.41) is 9.90. The van der Waals surface area contributed by atoms with Crippen LogP contribution in [0.3, 0.4) is 0 Å². The quantitative estimate of drug-likeness (QED) is 0.416. The van der Waals surface area contributed by atoms with Crippen molar-refractivity contribution in [3.05, 3.63) is 75.3 Å². The highest BCUT2D eigenvalue weighted by Gasteiger charge is 2.23. The number of hydrogen-bond acceptors (Lipinski definition) is 4. The largest absolute Gasteiger partial charge is 0.481 e. The highest BCUT2D eigenvalue weighted by Crippen LogP contribution is 2.33. The Kier molecular flexibility index (Phi) is 7.21. The summed E-state index contributed by atoms with van der Waals surface area (Å²) in [7, 11) is 0. The lowest BCUT2D eigenvalue weighted by atomic mass is 9.91. The molecule has 0 saturated heterocycles. The number of hydrogen-bond donors (Lipinski definition) is 1. The molecular weight excluding hydrogens is 379 g/mol. The first-order valence-corrected chi connectivity index (χ1v) is 8.49. The molecule has 2 aromatic rings. The van der Waals surface area contributed by atoms with E-state index in [1.54, 1.807) is 49.4 Å². The van der Waals surface area contributed by atoms with Crippen molar-refractivity contribution in [3.8, 4) is 0 Å². The molecule has 0 aromatic heterocycles. The van der Waals surface area contributed by atoms with Gasteiger partial charge in [-0.3, -0.25) is 9.68 Å². The van der Waals surface area contributed by atoms with Gasteiger partial charge < -0.3 is 5.11 Å². The van der Waals surface area contributed by atoms with Crippen molar-refractivity contribution in [2.45, 2.75) is 13.3 Å². The molecule has 0 radical (unpaired) electrons. The van der Waals surface area contributed by atoms with Gasteiger partial charge >= 0.3 is 11.9 Å². The molecule has 7 heteroatoms. The fourth-order valence-corrected chi connectivity index (χ4v) is 2.65. The Morgan fingerprint density at radius 3 is 2.27 bits per heavy atom. The topological polar surface area (TPSA) is 72.8 Å². The lowest BCUT2D eigenvalue weighted by Crippen LogP contribution is -2.14. The van der Waals surface area contributed by atoms with Gasteiger partial charge in [0.05, 0.1) is 28.6 Å².